The highest BCUT2D eigenvalue weighted by atomic mass is 16.2. The Hall–Kier alpha value is -1.22. The molecule has 154 valence electrons. The van der Waals surface area contributed by atoms with Gasteiger partial charge in [-0.25, -0.2) is 0 Å². The summed E-state index contributed by atoms with van der Waals surface area (Å²) in [5.74, 6) is -0.499. The summed E-state index contributed by atoms with van der Waals surface area (Å²) in [4.78, 5) is 24.6. The number of nitrogens with one attached hydrogen (secondary N) is 2. The second-order valence-corrected chi connectivity index (χ2v) is 6.85. The van der Waals surface area contributed by atoms with Crippen LogP contribution in [0.5, 0.6) is 0 Å². The van der Waals surface area contributed by atoms with Gasteiger partial charge >= 0.3 is 0 Å². The van der Waals surface area contributed by atoms with E-state index in [9.17, 15) is 9.59 Å². The van der Waals surface area contributed by atoms with Crippen LogP contribution in [0.1, 0.15) is 71.1 Å². The number of carbonyl (C=O) groups is 2. The first-order valence-electron chi connectivity index (χ1n) is 9.98. The van der Waals surface area contributed by atoms with Gasteiger partial charge in [0.15, 0.2) is 0 Å². The highest BCUT2D eigenvalue weighted by molar-refractivity contribution is 5.84. The lowest BCUT2D eigenvalue weighted by molar-refractivity contribution is -0.126. The van der Waals surface area contributed by atoms with Crippen molar-refractivity contribution in [3.05, 3.63) is 0 Å². The Morgan fingerprint density at radius 2 is 1.15 bits per heavy atom. The maximum atomic E-state index is 12.3. The second-order valence-electron chi connectivity index (χ2n) is 6.85. The normalized spacial score (nSPS) is 13.5. The molecule has 0 unspecified atom stereocenters. The quantitative estimate of drug-likeness (QED) is 0.165. The molecule has 26 heavy (non-hydrogen) atoms. The Kier molecular flexibility index (Phi) is 15.2. The number of unbranched alkanes of at least 4 members (excludes halogenated alkanes) is 4. The van der Waals surface area contributed by atoms with Crippen molar-refractivity contribution in [3.63, 3.8) is 0 Å². The van der Waals surface area contributed by atoms with Crippen molar-refractivity contribution < 1.29 is 9.59 Å². The van der Waals surface area contributed by atoms with Crippen LogP contribution < -0.4 is 33.6 Å². The highest BCUT2D eigenvalue weighted by Gasteiger charge is 2.21. The maximum Gasteiger partial charge on any atom is 0.238 e. The molecule has 0 rings (SSSR count). The van der Waals surface area contributed by atoms with Crippen LogP contribution in [0, 0.1) is 0 Å². The molecule has 0 saturated heterocycles. The van der Waals surface area contributed by atoms with Crippen molar-refractivity contribution in [3.8, 4) is 0 Å². The van der Waals surface area contributed by atoms with E-state index in [4.69, 9.17) is 22.9 Å². The lowest BCUT2D eigenvalue weighted by atomic mass is 10.1. The van der Waals surface area contributed by atoms with Gasteiger partial charge in [0, 0.05) is 0 Å². The van der Waals surface area contributed by atoms with Crippen LogP contribution in [0.4, 0.5) is 0 Å². The van der Waals surface area contributed by atoms with Crippen molar-refractivity contribution >= 4 is 11.8 Å². The summed E-state index contributed by atoms with van der Waals surface area (Å²) < 4.78 is 0. The predicted octanol–water partition coefficient (Wildman–Crippen LogP) is 0.0378. The number of nitrogens with two attached hydrogens (primary N) is 4. The molecule has 0 aromatic carbocycles. The third-order valence-electron chi connectivity index (χ3n) is 4.34. The van der Waals surface area contributed by atoms with Crippen LogP contribution in [0.3, 0.4) is 0 Å². The zero-order valence-corrected chi connectivity index (χ0v) is 16.3. The molecule has 8 nitrogen and oxygen atoms in total. The summed E-state index contributed by atoms with van der Waals surface area (Å²) in [7, 11) is 0. The van der Waals surface area contributed by atoms with Crippen molar-refractivity contribution in [1.29, 1.82) is 0 Å². The van der Waals surface area contributed by atoms with Gasteiger partial charge in [0.1, 0.15) is 6.17 Å². The van der Waals surface area contributed by atoms with Crippen LogP contribution in [0.15, 0.2) is 0 Å². The number of hydrogen-bond donors (Lipinski definition) is 6. The van der Waals surface area contributed by atoms with Crippen molar-refractivity contribution in [2.45, 2.75) is 89.4 Å². The molecular weight excluding hydrogens is 332 g/mol. The van der Waals surface area contributed by atoms with E-state index in [1.54, 1.807) is 0 Å². The van der Waals surface area contributed by atoms with Gasteiger partial charge in [0.25, 0.3) is 0 Å². The molecule has 10 N–H and O–H groups in total. The third-order valence-corrected chi connectivity index (χ3v) is 4.34. The van der Waals surface area contributed by atoms with Crippen LogP contribution in [-0.2, 0) is 9.59 Å². The minimum absolute atomic E-state index is 0.250. The Balaban J connectivity index is 4.53. The Labute approximate surface area is 158 Å². The summed E-state index contributed by atoms with van der Waals surface area (Å²) in [6.07, 6.45) is 7.69. The standard InChI is InChI=1S/C18H40N6O2/c1-2-3-4-11-16(23-17(25)14(21)9-5-7-12-19)24-18(26)15(22)10-6-8-13-20/h14-16H,2-13,19-22H2,1H3,(H,23,25)(H,24,26)/t14-,15-/m0/s1. The molecule has 0 spiro atoms. The molecular formula is C18H40N6O2. The van der Waals surface area contributed by atoms with E-state index in [0.717, 1.165) is 44.9 Å². The first kappa shape index (κ1) is 24.8. The number of rotatable bonds is 16. The molecule has 0 aromatic heterocycles. The van der Waals surface area contributed by atoms with E-state index in [-0.39, 0.29) is 11.8 Å². The lowest BCUT2D eigenvalue weighted by Gasteiger charge is -2.24. The van der Waals surface area contributed by atoms with E-state index in [2.05, 4.69) is 17.6 Å². The number of hydrogen-bond acceptors (Lipinski definition) is 6. The summed E-state index contributed by atoms with van der Waals surface area (Å²) in [5.41, 5.74) is 22.8. The van der Waals surface area contributed by atoms with Gasteiger partial charge < -0.3 is 33.6 Å². The van der Waals surface area contributed by atoms with Crippen molar-refractivity contribution in [2.24, 2.45) is 22.9 Å². The summed E-state index contributed by atoms with van der Waals surface area (Å²) in [6, 6.07) is -1.18. The molecule has 0 bridgehead atoms. The van der Waals surface area contributed by atoms with Gasteiger partial charge in [0.2, 0.25) is 11.8 Å². The van der Waals surface area contributed by atoms with Crippen LogP contribution in [-0.4, -0.2) is 43.2 Å². The zero-order valence-electron chi connectivity index (χ0n) is 16.3. The van der Waals surface area contributed by atoms with Crippen molar-refractivity contribution in [2.75, 3.05) is 13.1 Å². The largest absolute Gasteiger partial charge is 0.335 e. The van der Waals surface area contributed by atoms with Crippen LogP contribution >= 0.6 is 0 Å². The Morgan fingerprint density at radius 3 is 1.54 bits per heavy atom. The molecule has 0 aliphatic carbocycles. The van der Waals surface area contributed by atoms with Crippen molar-refractivity contribution in [1.82, 2.24) is 10.6 Å². The molecule has 0 aliphatic rings. The van der Waals surface area contributed by atoms with Gasteiger partial charge in [-0.2, -0.15) is 0 Å². The van der Waals surface area contributed by atoms with Gasteiger partial charge in [-0.3, -0.25) is 9.59 Å². The van der Waals surface area contributed by atoms with Crippen LogP contribution in [0.25, 0.3) is 0 Å². The molecule has 0 aliphatic heterocycles. The van der Waals surface area contributed by atoms with E-state index >= 15 is 0 Å². The average Bonchev–Trinajstić information content (AvgIpc) is 2.61. The average molecular weight is 373 g/mol. The summed E-state index contributed by atoms with van der Waals surface area (Å²) in [5, 5.41) is 5.71. The molecule has 0 fully saturated rings. The number of carbonyl (C=O) groups excluding carboxylic acids is 2. The number of amides is 2. The monoisotopic (exact) mass is 372 g/mol. The smallest absolute Gasteiger partial charge is 0.238 e. The summed E-state index contributed by atoms with van der Waals surface area (Å²) in [6.45, 7) is 3.28. The van der Waals surface area contributed by atoms with Crippen LogP contribution in [0.2, 0.25) is 0 Å². The SMILES string of the molecule is CCCCCC(NC(=O)[C@@H](N)CCCCN)NC(=O)[C@@H](N)CCCCN. The molecule has 0 saturated carbocycles. The van der Waals surface area contributed by atoms with Gasteiger partial charge in [-0.1, -0.05) is 32.6 Å². The van der Waals surface area contributed by atoms with Gasteiger partial charge in [-0.05, 0) is 51.6 Å². The Bertz CT molecular complexity index is 351. The molecule has 0 aromatic rings. The second kappa shape index (κ2) is 16.0. The minimum atomic E-state index is -0.592. The fourth-order valence-corrected chi connectivity index (χ4v) is 2.62. The first-order chi connectivity index (χ1) is 12.5. The maximum absolute atomic E-state index is 12.3. The van der Waals surface area contributed by atoms with E-state index < -0.39 is 18.2 Å². The van der Waals surface area contributed by atoms with E-state index in [0.29, 0.717) is 32.4 Å². The van der Waals surface area contributed by atoms with E-state index in [1.165, 1.54) is 0 Å². The topological polar surface area (TPSA) is 162 Å². The molecule has 0 heterocycles. The third kappa shape index (κ3) is 12.2. The molecule has 0 radical (unpaired) electrons. The molecule has 2 atom stereocenters. The van der Waals surface area contributed by atoms with E-state index in [1.807, 2.05) is 0 Å². The predicted molar refractivity (Wildman–Crippen MR) is 106 cm³/mol. The minimum Gasteiger partial charge on any atom is -0.335 e. The highest BCUT2D eigenvalue weighted by Crippen LogP contribution is 2.05. The zero-order chi connectivity index (χ0) is 19.8. The fraction of sp³-hybridized carbons (Fsp3) is 0.889. The Morgan fingerprint density at radius 1 is 0.731 bits per heavy atom. The first-order valence-corrected chi connectivity index (χ1v) is 9.98. The summed E-state index contributed by atoms with van der Waals surface area (Å²) >= 11 is 0. The fourth-order valence-electron chi connectivity index (χ4n) is 2.62. The van der Waals surface area contributed by atoms with Gasteiger partial charge in [0.05, 0.1) is 12.1 Å². The molecule has 2 amide bonds. The van der Waals surface area contributed by atoms with Gasteiger partial charge in [-0.15, -0.1) is 0 Å². The lowest BCUT2D eigenvalue weighted by Crippen LogP contribution is -2.55. The molecule has 8 heteroatoms.